The first-order chi connectivity index (χ1) is 15.2. The van der Waals surface area contributed by atoms with E-state index < -0.39 is 19.4 Å². The molecule has 0 aromatic heterocycles. The largest absolute Gasteiger partial charge is 0.628 e. The third-order valence-electron chi connectivity index (χ3n) is 5.55. The van der Waals surface area contributed by atoms with Crippen molar-refractivity contribution in [3.63, 3.8) is 0 Å². The molecule has 0 aliphatic carbocycles. The minimum Gasteiger partial charge on any atom is -0.628 e. The van der Waals surface area contributed by atoms with E-state index in [4.69, 9.17) is 0 Å². The van der Waals surface area contributed by atoms with E-state index in [1.165, 1.54) is 24.9 Å². The van der Waals surface area contributed by atoms with Gasteiger partial charge in [-0.05, 0) is 31.2 Å². The Kier molecular flexibility index (Phi) is 5.82. The molecule has 4 rings (SSSR count). The number of rotatable bonds is 5. The smallest absolute Gasteiger partial charge is 0.295 e. The van der Waals surface area contributed by atoms with E-state index in [0.29, 0.717) is 11.4 Å². The Morgan fingerprint density at radius 3 is 2.06 bits per heavy atom. The van der Waals surface area contributed by atoms with Crippen LogP contribution in [0.15, 0.2) is 69.3 Å². The quantitative estimate of drug-likeness (QED) is 0.227. The molecule has 8 nitrogen and oxygen atoms in total. The molecule has 0 saturated carbocycles. The van der Waals surface area contributed by atoms with Crippen LogP contribution in [0.2, 0.25) is 0 Å². The van der Waals surface area contributed by atoms with Crippen LogP contribution in [-0.4, -0.2) is 34.1 Å². The van der Waals surface area contributed by atoms with Crippen LogP contribution >= 0.6 is 11.8 Å². The van der Waals surface area contributed by atoms with E-state index >= 15 is 0 Å². The molecular weight excluding hydrogens is 462 g/mol. The van der Waals surface area contributed by atoms with Gasteiger partial charge in [0.2, 0.25) is 0 Å². The molecule has 33 heavy (non-hydrogen) atoms. The first-order valence-electron chi connectivity index (χ1n) is 10.2. The summed E-state index contributed by atoms with van der Waals surface area (Å²) in [6.07, 6.45) is 0. The molecule has 0 amide bonds. The highest BCUT2D eigenvalue weighted by molar-refractivity contribution is 7.99. The molecule has 0 bridgehead atoms. The van der Waals surface area contributed by atoms with Gasteiger partial charge in [0.25, 0.3) is 10.1 Å². The SMILES string of the molecule is Cc1ccc(S(=O)(=O)O)c(C[N+](C)([O-])c2ccc3c(c2)Sc2cc([N+](C)(C)[O-])ccc2N3)c1. The van der Waals surface area contributed by atoms with Gasteiger partial charge in [-0.25, -0.2) is 0 Å². The number of nitrogens with one attached hydrogen (secondary N) is 1. The third kappa shape index (κ3) is 4.92. The van der Waals surface area contributed by atoms with Crippen molar-refractivity contribution in [2.75, 3.05) is 26.5 Å². The summed E-state index contributed by atoms with van der Waals surface area (Å²) in [7, 11) is 0.101. The second kappa shape index (κ2) is 8.10. The molecule has 0 spiro atoms. The second-order valence-corrected chi connectivity index (χ2v) is 11.3. The van der Waals surface area contributed by atoms with Crippen LogP contribution < -0.4 is 14.6 Å². The van der Waals surface area contributed by atoms with Gasteiger partial charge in [0.1, 0.15) is 22.8 Å². The van der Waals surface area contributed by atoms with Crippen LogP contribution in [0.1, 0.15) is 11.1 Å². The summed E-state index contributed by atoms with van der Waals surface area (Å²) in [5.74, 6) is 0. The van der Waals surface area contributed by atoms with Gasteiger partial charge in [-0.3, -0.25) is 4.55 Å². The first-order valence-corrected chi connectivity index (χ1v) is 12.4. The Bertz CT molecular complexity index is 1350. The summed E-state index contributed by atoms with van der Waals surface area (Å²) in [4.78, 5) is 1.45. The van der Waals surface area contributed by atoms with E-state index in [9.17, 15) is 23.4 Å². The van der Waals surface area contributed by atoms with Crippen molar-refractivity contribution in [1.82, 2.24) is 9.29 Å². The highest BCUT2D eigenvalue weighted by Gasteiger charge is 2.25. The maximum absolute atomic E-state index is 13.6. The third-order valence-corrected chi connectivity index (χ3v) is 7.62. The molecule has 0 saturated heterocycles. The fourth-order valence-electron chi connectivity index (χ4n) is 3.79. The lowest BCUT2D eigenvalue weighted by molar-refractivity contribution is 0.431. The van der Waals surface area contributed by atoms with Crippen LogP contribution in [0, 0.1) is 17.3 Å². The average Bonchev–Trinajstić information content (AvgIpc) is 2.69. The van der Waals surface area contributed by atoms with Gasteiger partial charge in [-0.15, -0.1) is 0 Å². The lowest BCUT2D eigenvalue weighted by atomic mass is 10.1. The van der Waals surface area contributed by atoms with Crippen molar-refractivity contribution in [3.8, 4) is 0 Å². The van der Waals surface area contributed by atoms with Gasteiger partial charge < -0.3 is 25.0 Å². The highest BCUT2D eigenvalue weighted by Crippen LogP contribution is 2.47. The fraction of sp³-hybridized carbons (Fsp3) is 0.217. The molecule has 2 N–H and O–H groups in total. The number of hydrogen-bond acceptors (Lipinski definition) is 6. The summed E-state index contributed by atoms with van der Waals surface area (Å²) in [6.45, 7) is 1.62. The molecular formula is C23H25N3O5S2. The Morgan fingerprint density at radius 2 is 1.48 bits per heavy atom. The summed E-state index contributed by atoms with van der Waals surface area (Å²) in [6, 6.07) is 15.3. The van der Waals surface area contributed by atoms with E-state index in [1.54, 1.807) is 51.4 Å². The number of hydroxylamine groups is 4. The number of nitrogens with zero attached hydrogens (tertiary/aromatic N) is 2. The molecule has 174 valence electrons. The van der Waals surface area contributed by atoms with Crippen LogP contribution in [0.4, 0.5) is 22.7 Å². The lowest BCUT2D eigenvalue weighted by Gasteiger charge is -2.39. The van der Waals surface area contributed by atoms with Crippen molar-refractivity contribution in [2.24, 2.45) is 0 Å². The monoisotopic (exact) mass is 487 g/mol. The van der Waals surface area contributed by atoms with Gasteiger partial charge in [0, 0.05) is 39.6 Å². The molecule has 10 heteroatoms. The van der Waals surface area contributed by atoms with Crippen molar-refractivity contribution in [1.29, 1.82) is 0 Å². The van der Waals surface area contributed by atoms with E-state index in [-0.39, 0.29) is 17.0 Å². The lowest BCUT2D eigenvalue weighted by Crippen LogP contribution is -2.38. The zero-order chi connectivity index (χ0) is 24.2. The number of aryl methyl sites for hydroxylation is 1. The van der Waals surface area contributed by atoms with E-state index in [1.807, 2.05) is 18.2 Å². The molecule has 3 aromatic rings. The first kappa shape index (κ1) is 23.7. The molecule has 0 fully saturated rings. The number of fused-ring (bicyclic) bond motifs is 2. The van der Waals surface area contributed by atoms with Gasteiger partial charge in [0.05, 0.1) is 32.5 Å². The van der Waals surface area contributed by atoms with Gasteiger partial charge in [-0.1, -0.05) is 23.4 Å². The van der Waals surface area contributed by atoms with Crippen molar-refractivity contribution < 1.29 is 13.0 Å². The van der Waals surface area contributed by atoms with E-state index in [0.717, 1.165) is 26.7 Å². The number of hydrogen-bond donors (Lipinski definition) is 2. The topological polar surface area (TPSA) is 113 Å². The van der Waals surface area contributed by atoms with Crippen molar-refractivity contribution in [2.45, 2.75) is 28.2 Å². The summed E-state index contributed by atoms with van der Waals surface area (Å²) < 4.78 is 31.8. The molecule has 1 atom stereocenters. The maximum atomic E-state index is 13.6. The fourth-order valence-corrected chi connectivity index (χ4v) is 5.54. The normalized spacial score (nSPS) is 15.2. The van der Waals surface area contributed by atoms with Gasteiger partial charge >= 0.3 is 0 Å². The Morgan fingerprint density at radius 1 is 0.909 bits per heavy atom. The van der Waals surface area contributed by atoms with Crippen molar-refractivity contribution in [3.05, 3.63) is 76.1 Å². The van der Waals surface area contributed by atoms with Gasteiger partial charge in [0.15, 0.2) is 0 Å². The predicted octanol–water partition coefficient (Wildman–Crippen LogP) is 5.15. The number of quaternary nitrogens is 2. The second-order valence-electron chi connectivity index (χ2n) is 8.78. The molecule has 1 unspecified atom stereocenters. The summed E-state index contributed by atoms with van der Waals surface area (Å²) in [5, 5.41) is 29.2. The van der Waals surface area contributed by atoms with Crippen molar-refractivity contribution >= 4 is 44.6 Å². The number of anilines is 2. The highest BCUT2D eigenvalue weighted by atomic mass is 32.2. The predicted molar refractivity (Wildman–Crippen MR) is 133 cm³/mol. The maximum Gasteiger partial charge on any atom is 0.295 e. The average molecular weight is 488 g/mol. The molecule has 1 aliphatic rings. The van der Waals surface area contributed by atoms with Gasteiger partial charge in [-0.2, -0.15) is 8.42 Å². The Balaban J connectivity index is 1.68. The molecule has 0 radical (unpaired) electrons. The zero-order valence-electron chi connectivity index (χ0n) is 18.7. The van der Waals surface area contributed by atoms with Crippen LogP contribution in [0.5, 0.6) is 0 Å². The molecule has 3 aromatic carbocycles. The van der Waals surface area contributed by atoms with Crippen LogP contribution in [0.3, 0.4) is 0 Å². The summed E-state index contributed by atoms with van der Waals surface area (Å²) >= 11 is 1.46. The molecule has 1 aliphatic heterocycles. The Labute approximate surface area is 197 Å². The molecule has 1 heterocycles. The van der Waals surface area contributed by atoms with E-state index in [2.05, 4.69) is 5.32 Å². The van der Waals surface area contributed by atoms with Crippen LogP contribution in [-0.2, 0) is 16.7 Å². The minimum absolute atomic E-state index is 0.170. The minimum atomic E-state index is -4.46. The number of benzene rings is 3. The summed E-state index contributed by atoms with van der Waals surface area (Å²) in [5.41, 5.74) is 3.82. The standard InChI is InChI=1S/C23H25N3O5S2/c1-15-5-10-23(33(29,30)31)16(11-15)14-26(4,28)18-7-9-20-22(13-18)32-21-12-17(25(2,3)27)6-8-19(21)24-20/h5-13,24H,14H2,1-4H3,(H,29,30,31). The Hall–Kier alpha value is -2.44. The van der Waals surface area contributed by atoms with Crippen LogP contribution in [0.25, 0.3) is 0 Å². The zero-order valence-corrected chi connectivity index (χ0v) is 20.3.